The number of benzene rings is 1. The summed E-state index contributed by atoms with van der Waals surface area (Å²) in [5.41, 5.74) is 1.73. The van der Waals surface area contributed by atoms with Gasteiger partial charge >= 0.3 is 5.97 Å². The molecule has 0 spiro atoms. The molecule has 0 aliphatic heterocycles. The van der Waals surface area contributed by atoms with Gasteiger partial charge in [0.2, 0.25) is 0 Å². The molecule has 0 amide bonds. The van der Waals surface area contributed by atoms with E-state index in [1.807, 2.05) is 25.1 Å². The van der Waals surface area contributed by atoms with Gasteiger partial charge in [0, 0.05) is 11.1 Å². The predicted octanol–water partition coefficient (Wildman–Crippen LogP) is 1.46. The van der Waals surface area contributed by atoms with Crippen LogP contribution in [0.5, 0.6) is 0 Å². The molecular formula is C12H11NO3. The fraction of sp³-hybridized carbons (Fsp3) is 0.167. The van der Waals surface area contributed by atoms with Crippen LogP contribution in [0, 0.1) is 6.92 Å². The van der Waals surface area contributed by atoms with Crippen molar-refractivity contribution in [3.05, 3.63) is 45.7 Å². The molecule has 1 heterocycles. The van der Waals surface area contributed by atoms with E-state index in [1.54, 1.807) is 6.07 Å². The highest BCUT2D eigenvalue weighted by Crippen LogP contribution is 2.13. The highest BCUT2D eigenvalue weighted by atomic mass is 16.4. The van der Waals surface area contributed by atoms with Crippen LogP contribution in [0.25, 0.3) is 10.9 Å². The first kappa shape index (κ1) is 10.4. The Hall–Kier alpha value is -2.10. The number of hydrogen-bond acceptors (Lipinski definition) is 2. The molecule has 0 aliphatic rings. The molecule has 0 radical (unpaired) electrons. The third kappa shape index (κ3) is 1.95. The molecule has 0 saturated heterocycles. The topological polar surface area (TPSA) is 70.2 Å². The number of nitrogens with one attached hydrogen (secondary N) is 1. The van der Waals surface area contributed by atoms with Crippen molar-refractivity contribution in [3.8, 4) is 0 Å². The molecule has 16 heavy (non-hydrogen) atoms. The second kappa shape index (κ2) is 3.81. The molecule has 0 unspecified atom stereocenters. The first-order valence-electron chi connectivity index (χ1n) is 4.90. The van der Waals surface area contributed by atoms with Crippen molar-refractivity contribution in [2.75, 3.05) is 0 Å². The summed E-state index contributed by atoms with van der Waals surface area (Å²) in [7, 11) is 0. The molecule has 0 bridgehead atoms. The highest BCUT2D eigenvalue weighted by molar-refractivity contribution is 5.81. The zero-order valence-corrected chi connectivity index (χ0v) is 8.78. The van der Waals surface area contributed by atoms with Gasteiger partial charge in [-0.15, -0.1) is 0 Å². The molecule has 0 aliphatic carbocycles. The molecular weight excluding hydrogens is 206 g/mol. The van der Waals surface area contributed by atoms with E-state index in [9.17, 15) is 9.59 Å². The number of carbonyl (C=O) groups is 1. The van der Waals surface area contributed by atoms with Crippen molar-refractivity contribution < 1.29 is 9.90 Å². The molecule has 2 rings (SSSR count). The number of aromatic nitrogens is 1. The van der Waals surface area contributed by atoms with Gasteiger partial charge in [0.05, 0.1) is 6.42 Å². The number of H-pyrrole nitrogens is 1. The van der Waals surface area contributed by atoms with Gasteiger partial charge in [0.15, 0.2) is 0 Å². The molecule has 2 aromatic rings. The number of hydrogen-bond donors (Lipinski definition) is 2. The second-order valence-corrected chi connectivity index (χ2v) is 3.78. The van der Waals surface area contributed by atoms with E-state index in [4.69, 9.17) is 5.11 Å². The number of carboxylic acid groups (broad SMARTS) is 1. The van der Waals surface area contributed by atoms with E-state index in [0.29, 0.717) is 0 Å². The number of aliphatic carboxylic acids is 1. The lowest BCUT2D eigenvalue weighted by Crippen LogP contribution is -2.15. The van der Waals surface area contributed by atoms with E-state index in [-0.39, 0.29) is 17.5 Å². The smallest absolute Gasteiger partial charge is 0.308 e. The Balaban J connectivity index is 2.63. The number of rotatable bonds is 2. The molecule has 82 valence electrons. The lowest BCUT2D eigenvalue weighted by molar-refractivity contribution is -0.136. The zero-order chi connectivity index (χ0) is 11.7. The van der Waals surface area contributed by atoms with Gasteiger partial charge < -0.3 is 10.1 Å². The van der Waals surface area contributed by atoms with E-state index in [0.717, 1.165) is 16.5 Å². The largest absolute Gasteiger partial charge is 0.481 e. The van der Waals surface area contributed by atoms with E-state index in [2.05, 4.69) is 4.98 Å². The maximum absolute atomic E-state index is 11.6. The van der Waals surface area contributed by atoms with E-state index in [1.165, 1.54) is 0 Å². The third-order valence-corrected chi connectivity index (χ3v) is 2.42. The summed E-state index contributed by atoms with van der Waals surface area (Å²) in [4.78, 5) is 24.8. The molecule has 4 nitrogen and oxygen atoms in total. The van der Waals surface area contributed by atoms with Gasteiger partial charge in [-0.2, -0.15) is 0 Å². The van der Waals surface area contributed by atoms with Gasteiger partial charge in [-0.05, 0) is 30.0 Å². The second-order valence-electron chi connectivity index (χ2n) is 3.78. The number of aromatic amines is 1. The van der Waals surface area contributed by atoms with Crippen LogP contribution in [-0.2, 0) is 11.2 Å². The maximum Gasteiger partial charge on any atom is 0.308 e. The van der Waals surface area contributed by atoms with Crippen molar-refractivity contribution in [2.24, 2.45) is 0 Å². The molecule has 0 fully saturated rings. The number of aryl methyl sites for hydroxylation is 1. The fourth-order valence-corrected chi connectivity index (χ4v) is 1.65. The minimum Gasteiger partial charge on any atom is -0.481 e. The van der Waals surface area contributed by atoms with Crippen molar-refractivity contribution in [1.29, 1.82) is 0 Å². The molecule has 0 saturated carbocycles. The van der Waals surface area contributed by atoms with Gasteiger partial charge in [0.1, 0.15) is 0 Å². The Labute approximate surface area is 91.5 Å². The van der Waals surface area contributed by atoms with E-state index < -0.39 is 5.97 Å². The first-order valence-corrected chi connectivity index (χ1v) is 4.90. The van der Waals surface area contributed by atoms with Crippen molar-refractivity contribution in [1.82, 2.24) is 4.98 Å². The monoisotopic (exact) mass is 217 g/mol. The Bertz CT molecular complexity index is 613. The number of pyridine rings is 1. The van der Waals surface area contributed by atoms with Gasteiger partial charge in [-0.1, -0.05) is 12.1 Å². The Morgan fingerprint density at radius 2 is 2.12 bits per heavy atom. The Morgan fingerprint density at radius 1 is 1.38 bits per heavy atom. The fourth-order valence-electron chi connectivity index (χ4n) is 1.65. The van der Waals surface area contributed by atoms with Gasteiger partial charge in [-0.25, -0.2) is 0 Å². The highest BCUT2D eigenvalue weighted by Gasteiger charge is 2.06. The quantitative estimate of drug-likeness (QED) is 0.800. The summed E-state index contributed by atoms with van der Waals surface area (Å²) in [6, 6.07) is 7.28. The summed E-state index contributed by atoms with van der Waals surface area (Å²) in [5, 5.41) is 9.50. The first-order chi connectivity index (χ1) is 7.56. The summed E-state index contributed by atoms with van der Waals surface area (Å²) >= 11 is 0. The van der Waals surface area contributed by atoms with Gasteiger partial charge in [0.25, 0.3) is 5.56 Å². The van der Waals surface area contributed by atoms with Crippen LogP contribution in [0.15, 0.2) is 29.1 Å². The number of fused-ring (bicyclic) bond motifs is 1. The molecule has 2 N–H and O–H groups in total. The Morgan fingerprint density at radius 3 is 2.81 bits per heavy atom. The van der Waals surface area contributed by atoms with Crippen molar-refractivity contribution in [3.63, 3.8) is 0 Å². The molecule has 1 aromatic carbocycles. The predicted molar refractivity (Wildman–Crippen MR) is 60.6 cm³/mol. The lowest BCUT2D eigenvalue weighted by atomic mass is 10.1. The minimum atomic E-state index is -1.00. The molecule has 0 atom stereocenters. The van der Waals surface area contributed by atoms with Crippen LogP contribution in [0.3, 0.4) is 0 Å². The summed E-state index contributed by atoms with van der Waals surface area (Å²) < 4.78 is 0. The SMILES string of the molecule is Cc1ccc2cc(CC(=O)O)c(=O)[nH]c2c1. The summed E-state index contributed by atoms with van der Waals surface area (Å²) in [6.45, 7) is 1.93. The molecule has 4 heteroatoms. The van der Waals surface area contributed by atoms with Crippen LogP contribution in [0.2, 0.25) is 0 Å². The van der Waals surface area contributed by atoms with Crippen LogP contribution < -0.4 is 5.56 Å². The lowest BCUT2D eigenvalue weighted by Gasteiger charge is -2.02. The van der Waals surface area contributed by atoms with Crippen molar-refractivity contribution >= 4 is 16.9 Å². The maximum atomic E-state index is 11.6. The van der Waals surface area contributed by atoms with Crippen LogP contribution in [-0.4, -0.2) is 16.1 Å². The average molecular weight is 217 g/mol. The normalized spacial score (nSPS) is 10.6. The van der Waals surface area contributed by atoms with Crippen LogP contribution >= 0.6 is 0 Å². The average Bonchev–Trinajstić information content (AvgIpc) is 2.19. The van der Waals surface area contributed by atoms with Crippen molar-refractivity contribution in [2.45, 2.75) is 13.3 Å². The van der Waals surface area contributed by atoms with Crippen LogP contribution in [0.1, 0.15) is 11.1 Å². The van der Waals surface area contributed by atoms with Gasteiger partial charge in [-0.3, -0.25) is 9.59 Å². The summed E-state index contributed by atoms with van der Waals surface area (Å²) in [6.07, 6.45) is -0.251. The van der Waals surface area contributed by atoms with Crippen LogP contribution in [0.4, 0.5) is 0 Å². The Kier molecular flexibility index (Phi) is 2.48. The number of carboxylic acids is 1. The zero-order valence-electron chi connectivity index (χ0n) is 8.78. The molecule has 1 aromatic heterocycles. The third-order valence-electron chi connectivity index (χ3n) is 2.42. The standard InChI is InChI=1S/C12H11NO3/c1-7-2-3-8-5-9(6-11(14)15)12(16)13-10(8)4-7/h2-5H,6H2,1H3,(H,13,16)(H,14,15). The van der Waals surface area contributed by atoms with E-state index >= 15 is 0 Å². The minimum absolute atomic E-state index is 0.251. The summed E-state index contributed by atoms with van der Waals surface area (Å²) in [5.74, 6) is -1.00.